The number of para-hydroxylation sites is 1. The zero-order valence-corrected chi connectivity index (χ0v) is 21.2. The van der Waals surface area contributed by atoms with Crippen LogP contribution in [0.5, 0.6) is 0 Å². The molecule has 1 saturated heterocycles. The molecule has 2 heterocycles. The van der Waals surface area contributed by atoms with Gasteiger partial charge in [0.25, 0.3) is 5.91 Å². The van der Waals surface area contributed by atoms with Crippen molar-refractivity contribution in [3.05, 3.63) is 107 Å². The highest BCUT2D eigenvalue weighted by molar-refractivity contribution is 6.30. The molecule has 5 rings (SSSR count). The lowest BCUT2D eigenvalue weighted by molar-refractivity contribution is -0.135. The van der Waals surface area contributed by atoms with Gasteiger partial charge in [-0.15, -0.1) is 0 Å². The minimum Gasteiger partial charge on any atom is -0.452 e. The molecule has 1 aliphatic heterocycles. The molecular formula is C30H28ClN3O3. The van der Waals surface area contributed by atoms with Crippen LogP contribution in [-0.4, -0.2) is 46.3 Å². The Hall–Kier alpha value is -3.90. The molecule has 0 radical (unpaired) electrons. The molecule has 1 fully saturated rings. The van der Waals surface area contributed by atoms with Gasteiger partial charge in [-0.2, -0.15) is 5.10 Å². The summed E-state index contributed by atoms with van der Waals surface area (Å²) in [5, 5.41) is 5.23. The van der Waals surface area contributed by atoms with E-state index in [1.165, 1.54) is 5.56 Å². The van der Waals surface area contributed by atoms with Crippen molar-refractivity contribution in [2.24, 2.45) is 5.92 Å². The number of hydrogen-bond donors (Lipinski definition) is 0. The highest BCUT2D eigenvalue weighted by Crippen LogP contribution is 2.26. The first kappa shape index (κ1) is 24.8. The number of likely N-dealkylation sites (tertiary alicyclic amines) is 1. The second-order valence-corrected chi connectivity index (χ2v) is 9.70. The van der Waals surface area contributed by atoms with Crippen LogP contribution in [0.1, 0.15) is 28.8 Å². The number of halogens is 1. The molecule has 4 aromatic rings. The Labute approximate surface area is 221 Å². The third-order valence-electron chi connectivity index (χ3n) is 6.73. The normalized spacial score (nSPS) is 13.9. The number of piperidine rings is 1. The number of rotatable bonds is 7. The number of ether oxygens (including phenoxy) is 1. The lowest BCUT2D eigenvalue weighted by Gasteiger charge is -2.32. The van der Waals surface area contributed by atoms with E-state index in [-0.39, 0.29) is 12.5 Å². The molecule has 6 nitrogen and oxygen atoms in total. The molecule has 7 heteroatoms. The van der Waals surface area contributed by atoms with E-state index in [1.54, 1.807) is 27.9 Å². The number of aromatic nitrogens is 2. The highest BCUT2D eigenvalue weighted by atomic mass is 35.5. The Morgan fingerprint density at radius 3 is 2.22 bits per heavy atom. The van der Waals surface area contributed by atoms with Crippen LogP contribution in [0, 0.1) is 5.92 Å². The maximum Gasteiger partial charge on any atom is 0.342 e. The summed E-state index contributed by atoms with van der Waals surface area (Å²) in [5.74, 6) is -0.200. The Balaban J connectivity index is 1.23. The molecule has 0 saturated carbocycles. The SMILES string of the molecule is O=C(OCC(=O)N1CCC(Cc2ccccc2)CC1)c1cn(-c2ccccc2)nc1-c1ccc(Cl)cc1. The minimum atomic E-state index is -0.584. The van der Waals surface area contributed by atoms with Gasteiger partial charge in [-0.25, -0.2) is 9.48 Å². The Kier molecular flexibility index (Phi) is 7.66. The van der Waals surface area contributed by atoms with Gasteiger partial charge in [0.15, 0.2) is 6.61 Å². The number of esters is 1. The molecule has 0 bridgehead atoms. The van der Waals surface area contributed by atoms with E-state index >= 15 is 0 Å². The molecule has 1 aliphatic rings. The fraction of sp³-hybridized carbons (Fsp3) is 0.233. The topological polar surface area (TPSA) is 64.4 Å². The first-order valence-corrected chi connectivity index (χ1v) is 12.8. The van der Waals surface area contributed by atoms with Crippen molar-refractivity contribution in [3.63, 3.8) is 0 Å². The molecule has 0 unspecified atom stereocenters. The van der Waals surface area contributed by atoms with Crippen LogP contribution in [0.3, 0.4) is 0 Å². The van der Waals surface area contributed by atoms with Crippen molar-refractivity contribution in [2.45, 2.75) is 19.3 Å². The Morgan fingerprint density at radius 2 is 1.54 bits per heavy atom. The van der Waals surface area contributed by atoms with Crippen LogP contribution in [0.25, 0.3) is 16.9 Å². The number of benzene rings is 3. The molecule has 1 amide bonds. The summed E-state index contributed by atoms with van der Waals surface area (Å²) < 4.78 is 7.13. The largest absolute Gasteiger partial charge is 0.452 e. The minimum absolute atomic E-state index is 0.171. The average molecular weight is 514 g/mol. The van der Waals surface area contributed by atoms with Gasteiger partial charge < -0.3 is 9.64 Å². The quantitative estimate of drug-likeness (QED) is 0.292. The maximum absolute atomic E-state index is 13.1. The van der Waals surface area contributed by atoms with Crippen LogP contribution < -0.4 is 0 Å². The average Bonchev–Trinajstić information content (AvgIpc) is 3.39. The second-order valence-electron chi connectivity index (χ2n) is 9.27. The van der Waals surface area contributed by atoms with Crippen molar-refractivity contribution in [3.8, 4) is 16.9 Å². The van der Waals surface area contributed by atoms with E-state index in [0.717, 1.165) is 30.5 Å². The van der Waals surface area contributed by atoms with E-state index in [0.29, 0.717) is 35.3 Å². The fourth-order valence-electron chi connectivity index (χ4n) is 4.69. The van der Waals surface area contributed by atoms with Crippen LogP contribution in [0.4, 0.5) is 0 Å². The molecular weight excluding hydrogens is 486 g/mol. The number of carbonyl (C=O) groups excluding carboxylic acids is 2. The van der Waals surface area contributed by atoms with E-state index in [2.05, 4.69) is 29.4 Å². The monoisotopic (exact) mass is 513 g/mol. The molecule has 0 atom stereocenters. The van der Waals surface area contributed by atoms with Gasteiger partial charge in [0, 0.05) is 29.9 Å². The van der Waals surface area contributed by atoms with E-state index < -0.39 is 5.97 Å². The summed E-state index contributed by atoms with van der Waals surface area (Å²) in [7, 11) is 0. The van der Waals surface area contributed by atoms with Crippen molar-refractivity contribution in [1.29, 1.82) is 0 Å². The van der Waals surface area contributed by atoms with Crippen molar-refractivity contribution in [2.75, 3.05) is 19.7 Å². The van der Waals surface area contributed by atoms with Crippen molar-refractivity contribution < 1.29 is 14.3 Å². The molecule has 3 aromatic carbocycles. The second kappa shape index (κ2) is 11.4. The number of nitrogens with zero attached hydrogens (tertiary/aromatic N) is 3. The first-order valence-electron chi connectivity index (χ1n) is 12.5. The summed E-state index contributed by atoms with van der Waals surface area (Å²) >= 11 is 6.05. The number of carbonyl (C=O) groups is 2. The summed E-state index contributed by atoms with van der Waals surface area (Å²) in [6.45, 7) is 1.06. The zero-order valence-electron chi connectivity index (χ0n) is 20.4. The van der Waals surface area contributed by atoms with E-state index in [1.807, 2.05) is 48.5 Å². The molecule has 0 N–H and O–H groups in total. The Morgan fingerprint density at radius 1 is 0.892 bits per heavy atom. The van der Waals surface area contributed by atoms with Gasteiger partial charge in [-0.1, -0.05) is 72.3 Å². The summed E-state index contributed by atoms with van der Waals surface area (Å²) in [4.78, 5) is 27.7. The third-order valence-corrected chi connectivity index (χ3v) is 6.99. The summed E-state index contributed by atoms with van der Waals surface area (Å²) in [6, 6.07) is 27.1. The van der Waals surface area contributed by atoms with Crippen molar-refractivity contribution >= 4 is 23.5 Å². The van der Waals surface area contributed by atoms with Gasteiger partial charge >= 0.3 is 5.97 Å². The van der Waals surface area contributed by atoms with Gasteiger partial charge in [0.1, 0.15) is 11.3 Å². The summed E-state index contributed by atoms with van der Waals surface area (Å²) in [5.41, 5.74) is 3.64. The Bertz CT molecular complexity index is 1350. The molecule has 37 heavy (non-hydrogen) atoms. The first-order chi connectivity index (χ1) is 18.1. The van der Waals surface area contributed by atoms with Crippen LogP contribution in [0.15, 0.2) is 91.1 Å². The lowest BCUT2D eigenvalue weighted by Crippen LogP contribution is -2.41. The number of hydrogen-bond acceptors (Lipinski definition) is 4. The van der Waals surface area contributed by atoms with Gasteiger partial charge in [-0.05, 0) is 55.0 Å². The smallest absolute Gasteiger partial charge is 0.342 e. The van der Waals surface area contributed by atoms with Crippen LogP contribution >= 0.6 is 11.6 Å². The number of amides is 1. The molecule has 1 aromatic heterocycles. The van der Waals surface area contributed by atoms with E-state index in [4.69, 9.17) is 16.3 Å². The standard InChI is InChI=1S/C30H28ClN3O3/c31-25-13-11-24(12-14-25)29-27(20-34(32-29)26-9-5-2-6-10-26)30(36)37-21-28(35)33-17-15-23(16-18-33)19-22-7-3-1-4-8-22/h1-14,20,23H,15-19,21H2. The van der Waals surface area contributed by atoms with E-state index in [9.17, 15) is 9.59 Å². The molecule has 0 aliphatic carbocycles. The van der Waals surface area contributed by atoms with Gasteiger partial charge in [0.05, 0.1) is 5.69 Å². The molecule has 188 valence electrons. The molecule has 0 spiro atoms. The third kappa shape index (κ3) is 6.09. The zero-order chi connectivity index (χ0) is 25.6. The van der Waals surface area contributed by atoms with Gasteiger partial charge in [-0.3, -0.25) is 4.79 Å². The summed E-state index contributed by atoms with van der Waals surface area (Å²) in [6.07, 6.45) is 4.55. The predicted octanol–water partition coefficient (Wildman–Crippen LogP) is 5.83. The van der Waals surface area contributed by atoms with Crippen LogP contribution in [0.2, 0.25) is 5.02 Å². The fourth-order valence-corrected chi connectivity index (χ4v) is 4.81. The lowest BCUT2D eigenvalue weighted by atomic mass is 9.90. The highest BCUT2D eigenvalue weighted by Gasteiger charge is 2.25. The maximum atomic E-state index is 13.1. The van der Waals surface area contributed by atoms with Crippen LogP contribution in [-0.2, 0) is 16.0 Å². The predicted molar refractivity (Wildman–Crippen MR) is 144 cm³/mol. The van der Waals surface area contributed by atoms with Gasteiger partial charge in [0.2, 0.25) is 0 Å². The van der Waals surface area contributed by atoms with Crippen molar-refractivity contribution in [1.82, 2.24) is 14.7 Å².